The summed E-state index contributed by atoms with van der Waals surface area (Å²) >= 11 is 0. The number of ether oxygens (including phenoxy) is 1. The largest absolute Gasteiger partial charge is 0.478 e. The van der Waals surface area contributed by atoms with Gasteiger partial charge in [0, 0.05) is 19.7 Å². The first-order valence-electron chi connectivity index (χ1n) is 9.68. The van der Waals surface area contributed by atoms with Gasteiger partial charge in [0.1, 0.15) is 0 Å². The number of carbonyl (C=O) groups is 2. The lowest BCUT2D eigenvalue weighted by Gasteiger charge is -2.21. The van der Waals surface area contributed by atoms with Crippen LogP contribution in [0.5, 0.6) is 5.75 Å². The molecule has 1 N–H and O–H groups in total. The highest BCUT2D eigenvalue weighted by atomic mass is 16.5. The number of tetrazole rings is 1. The van der Waals surface area contributed by atoms with Crippen molar-refractivity contribution in [1.82, 2.24) is 20.2 Å². The summed E-state index contributed by atoms with van der Waals surface area (Å²) < 4.78 is 5.59. The number of benzene rings is 2. The number of carbonyl (C=O) groups excluding carboxylic acids is 1. The third-order valence-electron chi connectivity index (χ3n) is 4.49. The summed E-state index contributed by atoms with van der Waals surface area (Å²) in [5.74, 6) is -0.402. The number of aromatic nitrogens is 4. The lowest BCUT2D eigenvalue weighted by molar-refractivity contribution is -0.142. The minimum Gasteiger partial charge on any atom is -0.478 e. The number of rotatable bonds is 6. The van der Waals surface area contributed by atoms with Crippen LogP contribution in [0.15, 0.2) is 42.5 Å². The second-order valence-corrected chi connectivity index (χ2v) is 8.36. The molecule has 3 aromatic rings. The maximum absolute atomic E-state index is 12.3. The van der Waals surface area contributed by atoms with E-state index in [1.807, 2.05) is 25.1 Å². The van der Waals surface area contributed by atoms with E-state index in [4.69, 9.17) is 9.84 Å². The Balaban J connectivity index is 1.81. The van der Waals surface area contributed by atoms with E-state index < -0.39 is 11.4 Å². The van der Waals surface area contributed by atoms with Crippen LogP contribution < -0.4 is 9.64 Å². The summed E-state index contributed by atoms with van der Waals surface area (Å²) in [6, 6.07) is 11.9. The Kier molecular flexibility index (Phi) is 6.05. The van der Waals surface area contributed by atoms with Crippen LogP contribution in [-0.2, 0) is 11.3 Å². The molecule has 9 nitrogen and oxygen atoms in total. The molecule has 0 unspecified atom stereocenters. The van der Waals surface area contributed by atoms with Gasteiger partial charge in [0.25, 0.3) is 0 Å². The standard InChI is InChI=1S/C22H25N5O4/c1-22(2,3)21(30)31-18-11-10-16(12-17(18)26(4)5)19-23-25-27(24-19)13-14-6-8-15(9-7-14)20(28)29/h6-12H,13H2,1-5H3,(H,28,29). The molecule has 1 aromatic heterocycles. The SMILES string of the molecule is CN(C)c1cc(-c2nnn(Cc3ccc(C(=O)O)cc3)n2)ccc1OC(=O)C(C)(C)C. The second-order valence-electron chi connectivity index (χ2n) is 8.36. The van der Waals surface area contributed by atoms with Crippen molar-refractivity contribution in [2.75, 3.05) is 19.0 Å². The van der Waals surface area contributed by atoms with E-state index in [-0.39, 0.29) is 11.5 Å². The fourth-order valence-corrected chi connectivity index (χ4v) is 2.69. The molecule has 0 atom stereocenters. The summed E-state index contributed by atoms with van der Waals surface area (Å²) in [6.45, 7) is 5.76. The first-order valence-corrected chi connectivity index (χ1v) is 9.68. The van der Waals surface area contributed by atoms with Gasteiger partial charge < -0.3 is 14.7 Å². The molecule has 31 heavy (non-hydrogen) atoms. The summed E-state index contributed by atoms with van der Waals surface area (Å²) in [4.78, 5) is 26.5. The predicted octanol–water partition coefficient (Wildman–Crippen LogP) is 3.10. The number of aromatic carboxylic acids is 1. The zero-order valence-corrected chi connectivity index (χ0v) is 18.2. The zero-order valence-electron chi connectivity index (χ0n) is 18.2. The van der Waals surface area contributed by atoms with Crippen LogP contribution in [0, 0.1) is 5.41 Å². The monoisotopic (exact) mass is 423 g/mol. The number of carboxylic acids is 1. The Labute approximate surface area is 180 Å². The van der Waals surface area contributed by atoms with Crippen LogP contribution in [0.1, 0.15) is 36.7 Å². The van der Waals surface area contributed by atoms with Crippen molar-refractivity contribution in [3.05, 3.63) is 53.6 Å². The molecule has 0 aliphatic carbocycles. The fraction of sp³-hybridized carbons (Fsp3) is 0.318. The van der Waals surface area contributed by atoms with Crippen LogP contribution in [0.2, 0.25) is 0 Å². The van der Waals surface area contributed by atoms with Crippen LogP contribution in [0.3, 0.4) is 0 Å². The molecule has 0 radical (unpaired) electrons. The van der Waals surface area contributed by atoms with Crippen molar-refractivity contribution >= 4 is 17.6 Å². The van der Waals surface area contributed by atoms with Crippen molar-refractivity contribution in [2.24, 2.45) is 5.41 Å². The maximum Gasteiger partial charge on any atom is 0.335 e. The number of hydrogen-bond donors (Lipinski definition) is 1. The summed E-state index contributed by atoms with van der Waals surface area (Å²) in [6.07, 6.45) is 0. The van der Waals surface area contributed by atoms with Gasteiger partial charge in [-0.05, 0) is 61.9 Å². The van der Waals surface area contributed by atoms with Crippen LogP contribution in [0.4, 0.5) is 5.69 Å². The first kappa shape index (κ1) is 21.9. The van der Waals surface area contributed by atoms with Crippen LogP contribution >= 0.6 is 0 Å². The topological polar surface area (TPSA) is 110 Å². The van der Waals surface area contributed by atoms with Gasteiger partial charge in [0.05, 0.1) is 23.2 Å². The molecule has 0 amide bonds. The molecule has 162 valence electrons. The van der Waals surface area contributed by atoms with Crippen LogP contribution in [-0.4, -0.2) is 51.3 Å². The molecule has 0 saturated heterocycles. The van der Waals surface area contributed by atoms with Crippen LogP contribution in [0.25, 0.3) is 11.4 Å². The van der Waals surface area contributed by atoms with Crippen molar-refractivity contribution in [3.8, 4) is 17.1 Å². The van der Waals surface area contributed by atoms with Gasteiger partial charge in [-0.15, -0.1) is 10.2 Å². The predicted molar refractivity (Wildman–Crippen MR) is 115 cm³/mol. The number of esters is 1. The maximum atomic E-state index is 12.3. The molecule has 2 aromatic carbocycles. The average Bonchev–Trinajstić information content (AvgIpc) is 3.16. The lowest BCUT2D eigenvalue weighted by Crippen LogP contribution is -2.26. The van der Waals surface area contributed by atoms with E-state index in [1.54, 1.807) is 45.0 Å². The number of carboxylic acid groups (broad SMARTS) is 1. The Bertz CT molecular complexity index is 1100. The highest BCUT2D eigenvalue weighted by molar-refractivity contribution is 5.87. The Morgan fingerprint density at radius 1 is 1.10 bits per heavy atom. The average molecular weight is 423 g/mol. The van der Waals surface area contributed by atoms with E-state index in [0.29, 0.717) is 18.1 Å². The van der Waals surface area contributed by atoms with Crippen molar-refractivity contribution in [1.29, 1.82) is 0 Å². The molecule has 0 saturated carbocycles. The Hall–Kier alpha value is -3.75. The zero-order chi connectivity index (χ0) is 22.8. The van der Waals surface area contributed by atoms with E-state index >= 15 is 0 Å². The first-order chi connectivity index (χ1) is 14.5. The number of anilines is 1. The van der Waals surface area contributed by atoms with Gasteiger partial charge in [0.2, 0.25) is 5.82 Å². The van der Waals surface area contributed by atoms with Gasteiger partial charge >= 0.3 is 11.9 Å². The second kappa shape index (κ2) is 8.55. The van der Waals surface area contributed by atoms with E-state index in [1.165, 1.54) is 16.9 Å². The summed E-state index contributed by atoms with van der Waals surface area (Å²) in [7, 11) is 3.72. The summed E-state index contributed by atoms with van der Waals surface area (Å²) in [5, 5.41) is 21.6. The Morgan fingerprint density at radius 2 is 1.77 bits per heavy atom. The van der Waals surface area contributed by atoms with Gasteiger partial charge in [-0.1, -0.05) is 12.1 Å². The van der Waals surface area contributed by atoms with E-state index in [9.17, 15) is 9.59 Å². The van der Waals surface area contributed by atoms with E-state index in [2.05, 4.69) is 15.4 Å². The lowest BCUT2D eigenvalue weighted by atomic mass is 9.97. The molecule has 0 fully saturated rings. The molecule has 0 aliphatic heterocycles. The van der Waals surface area contributed by atoms with Gasteiger partial charge in [-0.2, -0.15) is 4.80 Å². The van der Waals surface area contributed by atoms with Gasteiger partial charge in [0.15, 0.2) is 5.75 Å². The molecule has 1 heterocycles. The van der Waals surface area contributed by atoms with Crippen molar-refractivity contribution < 1.29 is 19.4 Å². The normalized spacial score (nSPS) is 11.3. The quantitative estimate of drug-likeness (QED) is 0.476. The highest BCUT2D eigenvalue weighted by Gasteiger charge is 2.25. The number of hydrogen-bond acceptors (Lipinski definition) is 7. The third-order valence-corrected chi connectivity index (χ3v) is 4.49. The molecule has 0 bridgehead atoms. The molecule has 3 rings (SSSR count). The molecule has 0 aliphatic rings. The molecule has 9 heteroatoms. The Morgan fingerprint density at radius 3 is 2.35 bits per heavy atom. The fourth-order valence-electron chi connectivity index (χ4n) is 2.69. The minimum absolute atomic E-state index is 0.222. The molecular weight excluding hydrogens is 398 g/mol. The highest BCUT2D eigenvalue weighted by Crippen LogP contribution is 2.32. The minimum atomic E-state index is -0.971. The summed E-state index contributed by atoms with van der Waals surface area (Å²) in [5.41, 5.74) is 1.91. The molecule has 0 spiro atoms. The molecular formula is C22H25N5O4. The van der Waals surface area contributed by atoms with E-state index in [0.717, 1.165) is 16.8 Å². The smallest absolute Gasteiger partial charge is 0.335 e. The van der Waals surface area contributed by atoms with Crippen molar-refractivity contribution in [3.63, 3.8) is 0 Å². The van der Waals surface area contributed by atoms with Gasteiger partial charge in [-0.25, -0.2) is 4.79 Å². The third kappa shape index (κ3) is 5.25. The van der Waals surface area contributed by atoms with Gasteiger partial charge in [-0.3, -0.25) is 4.79 Å². The number of nitrogens with zero attached hydrogens (tertiary/aromatic N) is 5. The van der Waals surface area contributed by atoms with Crippen molar-refractivity contribution in [2.45, 2.75) is 27.3 Å².